The van der Waals surface area contributed by atoms with Crippen LogP contribution in [0.1, 0.15) is 11.1 Å². The molecular formula is C40H34N2O5. The van der Waals surface area contributed by atoms with E-state index in [1.165, 1.54) is 0 Å². The minimum absolute atomic E-state index is 0.0231. The number of hydrogen-bond acceptors (Lipinski definition) is 6. The van der Waals surface area contributed by atoms with Crippen molar-refractivity contribution in [3.05, 3.63) is 159 Å². The van der Waals surface area contributed by atoms with Gasteiger partial charge in [0.2, 0.25) is 0 Å². The Bertz CT molecular complexity index is 2260. The number of aromatic nitrogens is 1. The van der Waals surface area contributed by atoms with Crippen molar-refractivity contribution < 1.29 is 13.9 Å². The first kappa shape index (κ1) is 31.0. The molecule has 234 valence electrons. The van der Waals surface area contributed by atoms with Gasteiger partial charge in [-0.05, 0) is 72.1 Å². The number of aryl methyl sites for hydroxylation is 1. The molecule has 2 heterocycles. The average molecular weight is 623 g/mol. The maximum atomic E-state index is 12.7. The fraction of sp³-hybridized carbons (Fsp3) is 0.125. The van der Waals surface area contributed by atoms with E-state index in [-0.39, 0.29) is 30.2 Å². The normalized spacial score (nSPS) is 10.9. The van der Waals surface area contributed by atoms with Crippen LogP contribution in [0.4, 0.5) is 5.69 Å². The Morgan fingerprint density at radius 2 is 1.36 bits per heavy atom. The largest absolute Gasteiger partial charge is 0.459 e. The molecule has 7 heteroatoms. The zero-order valence-corrected chi connectivity index (χ0v) is 26.5. The fourth-order valence-electron chi connectivity index (χ4n) is 5.52. The molecule has 0 unspecified atom stereocenters. The summed E-state index contributed by atoms with van der Waals surface area (Å²) in [6.07, 6.45) is 0. The van der Waals surface area contributed by atoms with Crippen LogP contribution >= 0.6 is 0 Å². The molecule has 7 nitrogen and oxygen atoms in total. The molecule has 0 saturated carbocycles. The molecule has 5 aromatic carbocycles. The molecule has 0 aliphatic rings. The zero-order valence-electron chi connectivity index (χ0n) is 26.5. The number of fused-ring (bicyclic) bond motifs is 3. The molecule has 0 radical (unpaired) electrons. The number of ether oxygens (including phenoxy) is 1. The standard InChI is InChI=1S/C22H17NO3.C18H17NO2/c24-21(26-15-16-8-2-1-3-9-16)14-23-19-12-6-4-10-17(19)22(25)18-11-5-7-13-20(18)23;1-12-4-5-14-11-16(18(20)21-17(14)10-12)13-6-8-15(9-7-13)19(2)3/h1-13H,14-15H2;4-11H,1-3H3. The summed E-state index contributed by atoms with van der Waals surface area (Å²) < 4.78 is 12.7. The van der Waals surface area contributed by atoms with Crippen LogP contribution in [0.2, 0.25) is 0 Å². The van der Waals surface area contributed by atoms with Gasteiger partial charge in [0, 0.05) is 35.9 Å². The summed E-state index contributed by atoms with van der Waals surface area (Å²) in [4.78, 5) is 39.4. The second-order valence-corrected chi connectivity index (χ2v) is 11.5. The Kier molecular flexibility index (Phi) is 8.97. The van der Waals surface area contributed by atoms with Gasteiger partial charge < -0.3 is 18.6 Å². The van der Waals surface area contributed by atoms with E-state index in [0.29, 0.717) is 21.9 Å². The van der Waals surface area contributed by atoms with E-state index in [2.05, 4.69) is 0 Å². The lowest BCUT2D eigenvalue weighted by atomic mass is 10.0. The van der Waals surface area contributed by atoms with Gasteiger partial charge in [-0.25, -0.2) is 4.79 Å². The predicted octanol–water partition coefficient (Wildman–Crippen LogP) is 7.73. The van der Waals surface area contributed by atoms with Gasteiger partial charge in [0.15, 0.2) is 5.43 Å². The average Bonchev–Trinajstić information content (AvgIpc) is 3.09. The number of hydrogen-bond donors (Lipinski definition) is 0. The molecule has 0 bridgehead atoms. The van der Waals surface area contributed by atoms with Crippen molar-refractivity contribution in [1.82, 2.24) is 4.57 Å². The van der Waals surface area contributed by atoms with Crippen LogP contribution in [0.3, 0.4) is 0 Å². The van der Waals surface area contributed by atoms with Crippen LogP contribution in [0.25, 0.3) is 43.9 Å². The highest BCUT2D eigenvalue weighted by Crippen LogP contribution is 2.24. The number of benzene rings is 5. The zero-order chi connectivity index (χ0) is 32.9. The van der Waals surface area contributed by atoms with E-state index >= 15 is 0 Å². The van der Waals surface area contributed by atoms with Crippen LogP contribution in [-0.4, -0.2) is 24.6 Å². The molecule has 0 amide bonds. The number of esters is 1. The lowest BCUT2D eigenvalue weighted by molar-refractivity contribution is -0.145. The molecule has 0 atom stereocenters. The third-order valence-electron chi connectivity index (χ3n) is 7.99. The summed E-state index contributed by atoms with van der Waals surface area (Å²) in [6.45, 7) is 2.26. The van der Waals surface area contributed by atoms with Crippen molar-refractivity contribution in [1.29, 1.82) is 0 Å². The third kappa shape index (κ3) is 6.84. The van der Waals surface area contributed by atoms with Gasteiger partial charge >= 0.3 is 11.6 Å². The molecule has 0 aliphatic heterocycles. The molecule has 0 saturated heterocycles. The van der Waals surface area contributed by atoms with E-state index in [4.69, 9.17) is 9.15 Å². The Morgan fingerprint density at radius 1 is 0.745 bits per heavy atom. The third-order valence-corrected chi connectivity index (χ3v) is 7.99. The van der Waals surface area contributed by atoms with Gasteiger partial charge in [0.05, 0.1) is 16.6 Å². The summed E-state index contributed by atoms with van der Waals surface area (Å²) in [5, 5.41) is 2.14. The second-order valence-electron chi connectivity index (χ2n) is 11.5. The van der Waals surface area contributed by atoms with Crippen LogP contribution in [0.15, 0.2) is 141 Å². The Labute approximate surface area is 271 Å². The van der Waals surface area contributed by atoms with Gasteiger partial charge in [-0.2, -0.15) is 0 Å². The van der Waals surface area contributed by atoms with Crippen LogP contribution in [-0.2, 0) is 22.7 Å². The summed E-state index contributed by atoms with van der Waals surface area (Å²) in [5.41, 5.74) is 6.35. The maximum Gasteiger partial charge on any atom is 0.344 e. The minimum atomic E-state index is -0.340. The van der Waals surface area contributed by atoms with Gasteiger partial charge in [0.1, 0.15) is 18.7 Å². The molecule has 7 aromatic rings. The van der Waals surface area contributed by atoms with Crippen LogP contribution < -0.4 is 16.0 Å². The summed E-state index contributed by atoms with van der Waals surface area (Å²) in [6, 6.07) is 39.9. The quantitative estimate of drug-likeness (QED) is 0.107. The number of carbonyl (C=O) groups is 1. The summed E-state index contributed by atoms with van der Waals surface area (Å²) in [7, 11) is 3.98. The Balaban J connectivity index is 0.000000168. The van der Waals surface area contributed by atoms with Crippen molar-refractivity contribution in [2.24, 2.45) is 0 Å². The molecule has 0 fully saturated rings. The van der Waals surface area contributed by atoms with Gasteiger partial charge in [-0.15, -0.1) is 0 Å². The van der Waals surface area contributed by atoms with E-state index in [0.717, 1.165) is 38.8 Å². The number of anilines is 1. The van der Waals surface area contributed by atoms with E-state index in [9.17, 15) is 14.4 Å². The molecule has 0 N–H and O–H groups in total. The van der Waals surface area contributed by atoms with E-state index < -0.39 is 0 Å². The minimum Gasteiger partial charge on any atom is -0.459 e. The molecule has 7 rings (SSSR count). The molecule has 0 aliphatic carbocycles. The van der Waals surface area contributed by atoms with Crippen molar-refractivity contribution in [3.8, 4) is 11.1 Å². The Morgan fingerprint density at radius 3 is 2.00 bits per heavy atom. The number of para-hydroxylation sites is 2. The van der Waals surface area contributed by atoms with Gasteiger partial charge in [0.25, 0.3) is 0 Å². The molecule has 47 heavy (non-hydrogen) atoms. The lowest BCUT2D eigenvalue weighted by Gasteiger charge is -2.14. The van der Waals surface area contributed by atoms with Crippen molar-refractivity contribution >= 4 is 44.4 Å². The number of nitrogens with zero attached hydrogens (tertiary/aromatic N) is 2. The first-order valence-corrected chi connectivity index (χ1v) is 15.3. The molecular weight excluding hydrogens is 588 g/mol. The highest BCUT2D eigenvalue weighted by Gasteiger charge is 2.14. The van der Waals surface area contributed by atoms with Crippen LogP contribution in [0, 0.1) is 6.92 Å². The van der Waals surface area contributed by atoms with Gasteiger partial charge in [-0.1, -0.05) is 78.9 Å². The SMILES string of the molecule is Cc1ccc2cc(-c3ccc(N(C)C)cc3)c(=O)oc2c1.O=C(Cn1c2ccccc2c(=O)c2ccccc21)OCc1ccccc1. The Hall–Kier alpha value is -5.95. The molecule has 0 spiro atoms. The monoisotopic (exact) mass is 622 g/mol. The fourth-order valence-corrected chi connectivity index (χ4v) is 5.52. The highest BCUT2D eigenvalue weighted by atomic mass is 16.5. The first-order valence-electron chi connectivity index (χ1n) is 15.3. The topological polar surface area (TPSA) is 81.8 Å². The van der Waals surface area contributed by atoms with E-state index in [1.807, 2.05) is 146 Å². The summed E-state index contributed by atoms with van der Waals surface area (Å²) >= 11 is 0. The second kappa shape index (κ2) is 13.6. The number of pyridine rings is 1. The number of rotatable bonds is 6. The smallest absolute Gasteiger partial charge is 0.344 e. The lowest BCUT2D eigenvalue weighted by Crippen LogP contribution is -2.18. The summed E-state index contributed by atoms with van der Waals surface area (Å²) in [5.74, 6) is -0.340. The van der Waals surface area contributed by atoms with Crippen molar-refractivity contribution in [3.63, 3.8) is 0 Å². The van der Waals surface area contributed by atoms with Crippen LogP contribution in [0.5, 0.6) is 0 Å². The molecule has 2 aromatic heterocycles. The van der Waals surface area contributed by atoms with E-state index in [1.54, 1.807) is 12.1 Å². The first-order chi connectivity index (χ1) is 22.8. The highest BCUT2D eigenvalue weighted by molar-refractivity contribution is 5.94. The number of carbonyl (C=O) groups excluding carboxylic acids is 1. The maximum absolute atomic E-state index is 12.7. The predicted molar refractivity (Wildman–Crippen MR) is 189 cm³/mol. The van der Waals surface area contributed by atoms with Crippen molar-refractivity contribution in [2.75, 3.05) is 19.0 Å². The van der Waals surface area contributed by atoms with Gasteiger partial charge in [-0.3, -0.25) is 9.59 Å². The van der Waals surface area contributed by atoms with Crippen molar-refractivity contribution in [2.45, 2.75) is 20.1 Å².